The molecule has 0 radical (unpaired) electrons. The van der Waals surface area contributed by atoms with E-state index in [9.17, 15) is 14.4 Å². The van der Waals surface area contributed by atoms with Crippen molar-refractivity contribution in [3.8, 4) is 0 Å². The van der Waals surface area contributed by atoms with Gasteiger partial charge >= 0.3 is 5.97 Å². The SMILES string of the molecule is NC(=O)C1(CNC(=O)C2CCCC(C(=O)O)C2)CCCC1. The standard InChI is InChI=1S/C15H24N2O4/c16-14(21)15(6-1-2-7-15)9-17-12(18)10-4-3-5-11(8-10)13(19)20/h10-11H,1-9H2,(H2,16,21)(H,17,18)(H,19,20). The molecule has 2 rings (SSSR count). The Morgan fingerprint density at radius 1 is 1.10 bits per heavy atom. The molecule has 2 aliphatic carbocycles. The topological polar surface area (TPSA) is 109 Å². The lowest BCUT2D eigenvalue weighted by Crippen LogP contribution is -2.46. The first kappa shape index (κ1) is 15.8. The molecule has 118 valence electrons. The molecule has 0 aromatic carbocycles. The second-order valence-electron chi connectivity index (χ2n) is 6.47. The van der Waals surface area contributed by atoms with Crippen LogP contribution in [-0.4, -0.2) is 29.4 Å². The third kappa shape index (κ3) is 3.54. The fraction of sp³-hybridized carbons (Fsp3) is 0.800. The zero-order valence-electron chi connectivity index (χ0n) is 12.3. The molecule has 0 bridgehead atoms. The normalized spacial score (nSPS) is 28.0. The summed E-state index contributed by atoms with van der Waals surface area (Å²) < 4.78 is 0. The lowest BCUT2D eigenvalue weighted by atomic mass is 9.80. The van der Waals surface area contributed by atoms with Crippen LogP contribution in [0.3, 0.4) is 0 Å². The number of nitrogens with two attached hydrogens (primary N) is 1. The average molecular weight is 296 g/mol. The number of hydrogen-bond acceptors (Lipinski definition) is 3. The predicted octanol–water partition coefficient (Wildman–Crippen LogP) is 1.04. The molecule has 2 fully saturated rings. The molecule has 0 saturated heterocycles. The van der Waals surface area contributed by atoms with Crippen molar-refractivity contribution in [2.24, 2.45) is 23.0 Å². The number of carboxylic acids is 1. The number of primary amides is 1. The van der Waals surface area contributed by atoms with Gasteiger partial charge in [-0.05, 0) is 32.1 Å². The maximum Gasteiger partial charge on any atom is 0.306 e. The van der Waals surface area contributed by atoms with Gasteiger partial charge in [0.15, 0.2) is 0 Å². The quantitative estimate of drug-likeness (QED) is 0.704. The Balaban J connectivity index is 1.89. The first-order valence-corrected chi connectivity index (χ1v) is 7.75. The highest BCUT2D eigenvalue weighted by Crippen LogP contribution is 2.37. The summed E-state index contributed by atoms with van der Waals surface area (Å²) in [5, 5.41) is 11.9. The Labute approximate surface area is 124 Å². The third-order valence-corrected chi connectivity index (χ3v) is 5.08. The summed E-state index contributed by atoms with van der Waals surface area (Å²) in [7, 11) is 0. The number of carbonyl (C=O) groups excluding carboxylic acids is 2. The van der Waals surface area contributed by atoms with Crippen LogP contribution in [0.2, 0.25) is 0 Å². The second kappa shape index (κ2) is 6.45. The summed E-state index contributed by atoms with van der Waals surface area (Å²) in [6.45, 7) is 0.287. The first-order valence-electron chi connectivity index (χ1n) is 7.75. The zero-order valence-corrected chi connectivity index (χ0v) is 12.3. The molecule has 0 aromatic heterocycles. The van der Waals surface area contributed by atoms with Gasteiger partial charge in [-0.15, -0.1) is 0 Å². The number of carbonyl (C=O) groups is 3. The average Bonchev–Trinajstić information content (AvgIpc) is 2.95. The van der Waals surface area contributed by atoms with Crippen LogP contribution in [0.5, 0.6) is 0 Å². The predicted molar refractivity (Wildman–Crippen MR) is 76.2 cm³/mol. The van der Waals surface area contributed by atoms with E-state index in [2.05, 4.69) is 5.32 Å². The Kier molecular flexibility index (Phi) is 4.85. The van der Waals surface area contributed by atoms with Crippen LogP contribution in [0.4, 0.5) is 0 Å². The van der Waals surface area contributed by atoms with Gasteiger partial charge in [-0.3, -0.25) is 14.4 Å². The van der Waals surface area contributed by atoms with Crippen LogP contribution >= 0.6 is 0 Å². The maximum atomic E-state index is 12.2. The molecule has 0 spiro atoms. The molecule has 2 atom stereocenters. The lowest BCUT2D eigenvalue weighted by Gasteiger charge is -2.29. The summed E-state index contributed by atoms with van der Waals surface area (Å²) in [6.07, 6.45) is 5.90. The Morgan fingerprint density at radius 3 is 2.29 bits per heavy atom. The number of carboxylic acid groups (broad SMARTS) is 1. The Morgan fingerprint density at radius 2 is 1.71 bits per heavy atom. The van der Waals surface area contributed by atoms with Crippen LogP contribution in [0, 0.1) is 17.3 Å². The second-order valence-corrected chi connectivity index (χ2v) is 6.47. The minimum Gasteiger partial charge on any atom is -0.481 e. The van der Waals surface area contributed by atoms with Gasteiger partial charge in [-0.25, -0.2) is 0 Å². The zero-order chi connectivity index (χ0) is 15.5. The van der Waals surface area contributed by atoms with Crippen LogP contribution in [0.25, 0.3) is 0 Å². The van der Waals surface area contributed by atoms with E-state index in [1.165, 1.54) is 0 Å². The molecule has 0 heterocycles. The van der Waals surface area contributed by atoms with E-state index in [4.69, 9.17) is 10.8 Å². The highest BCUT2D eigenvalue weighted by molar-refractivity contribution is 5.84. The molecule has 2 aliphatic rings. The van der Waals surface area contributed by atoms with Gasteiger partial charge in [0, 0.05) is 12.5 Å². The van der Waals surface area contributed by atoms with E-state index >= 15 is 0 Å². The summed E-state index contributed by atoms with van der Waals surface area (Å²) in [5.41, 5.74) is 4.89. The van der Waals surface area contributed by atoms with Gasteiger partial charge in [-0.2, -0.15) is 0 Å². The summed E-state index contributed by atoms with van der Waals surface area (Å²) in [6, 6.07) is 0. The number of amides is 2. The highest BCUT2D eigenvalue weighted by atomic mass is 16.4. The number of nitrogens with one attached hydrogen (secondary N) is 1. The molecule has 0 aromatic rings. The van der Waals surface area contributed by atoms with Crippen LogP contribution in [0.15, 0.2) is 0 Å². The van der Waals surface area contributed by atoms with E-state index in [0.29, 0.717) is 12.8 Å². The summed E-state index contributed by atoms with van der Waals surface area (Å²) in [5.74, 6) is -1.98. The molecule has 21 heavy (non-hydrogen) atoms. The van der Waals surface area contributed by atoms with Crippen molar-refractivity contribution in [2.45, 2.75) is 51.4 Å². The number of hydrogen-bond donors (Lipinski definition) is 3. The molecule has 2 unspecified atom stereocenters. The van der Waals surface area contributed by atoms with Gasteiger partial charge < -0.3 is 16.2 Å². The largest absolute Gasteiger partial charge is 0.481 e. The van der Waals surface area contributed by atoms with Gasteiger partial charge in [0.2, 0.25) is 11.8 Å². The van der Waals surface area contributed by atoms with Gasteiger partial charge in [-0.1, -0.05) is 19.3 Å². The van der Waals surface area contributed by atoms with Crippen molar-refractivity contribution in [2.75, 3.05) is 6.54 Å². The molecule has 2 saturated carbocycles. The molecular formula is C15H24N2O4. The first-order chi connectivity index (χ1) is 9.94. The van der Waals surface area contributed by atoms with Crippen molar-refractivity contribution in [1.29, 1.82) is 0 Å². The van der Waals surface area contributed by atoms with Crippen molar-refractivity contribution in [3.05, 3.63) is 0 Å². The lowest BCUT2D eigenvalue weighted by molar-refractivity contribution is -0.144. The summed E-state index contributed by atoms with van der Waals surface area (Å²) in [4.78, 5) is 34.9. The maximum absolute atomic E-state index is 12.2. The molecule has 0 aliphatic heterocycles. The van der Waals surface area contributed by atoms with Crippen molar-refractivity contribution >= 4 is 17.8 Å². The molecule has 4 N–H and O–H groups in total. The molecule has 6 heteroatoms. The van der Waals surface area contributed by atoms with Gasteiger partial charge in [0.1, 0.15) is 0 Å². The van der Waals surface area contributed by atoms with E-state index < -0.39 is 17.3 Å². The van der Waals surface area contributed by atoms with E-state index in [-0.39, 0.29) is 24.3 Å². The monoisotopic (exact) mass is 296 g/mol. The van der Waals surface area contributed by atoms with Crippen LogP contribution in [0.1, 0.15) is 51.4 Å². The van der Waals surface area contributed by atoms with E-state index in [1.807, 2.05) is 0 Å². The van der Waals surface area contributed by atoms with Crippen molar-refractivity contribution < 1.29 is 19.5 Å². The molecular weight excluding hydrogens is 272 g/mol. The minimum absolute atomic E-state index is 0.131. The Bertz CT molecular complexity index is 429. The van der Waals surface area contributed by atoms with Crippen molar-refractivity contribution in [1.82, 2.24) is 5.32 Å². The molecule has 2 amide bonds. The van der Waals surface area contributed by atoms with Gasteiger partial charge in [0.05, 0.1) is 11.3 Å². The Hall–Kier alpha value is -1.59. The summed E-state index contributed by atoms with van der Waals surface area (Å²) >= 11 is 0. The highest BCUT2D eigenvalue weighted by Gasteiger charge is 2.40. The number of rotatable bonds is 5. The fourth-order valence-corrected chi connectivity index (χ4v) is 3.61. The van der Waals surface area contributed by atoms with Crippen LogP contribution < -0.4 is 11.1 Å². The van der Waals surface area contributed by atoms with E-state index in [1.54, 1.807) is 0 Å². The smallest absolute Gasteiger partial charge is 0.306 e. The van der Waals surface area contributed by atoms with Crippen LogP contribution in [-0.2, 0) is 14.4 Å². The minimum atomic E-state index is -0.822. The molecule has 6 nitrogen and oxygen atoms in total. The van der Waals surface area contributed by atoms with Gasteiger partial charge in [0.25, 0.3) is 0 Å². The van der Waals surface area contributed by atoms with E-state index in [0.717, 1.165) is 38.5 Å². The third-order valence-electron chi connectivity index (χ3n) is 5.08. The van der Waals surface area contributed by atoms with Crippen molar-refractivity contribution in [3.63, 3.8) is 0 Å². The fourth-order valence-electron chi connectivity index (χ4n) is 3.61. The number of aliphatic carboxylic acids is 1.